The van der Waals surface area contributed by atoms with Crippen molar-refractivity contribution >= 4 is 21.9 Å². The largest absolute Gasteiger partial charge is 0.468 e. The van der Waals surface area contributed by atoms with Gasteiger partial charge in [0.25, 0.3) is 0 Å². The van der Waals surface area contributed by atoms with Gasteiger partial charge in [-0.25, -0.2) is 0 Å². The van der Waals surface area contributed by atoms with Crippen LogP contribution in [0.15, 0.2) is 0 Å². The number of methoxy groups -OCH3 is 1. The molecule has 0 bridgehead atoms. The molecule has 0 fully saturated rings. The van der Waals surface area contributed by atoms with Crippen molar-refractivity contribution in [2.75, 3.05) is 20.3 Å². The second kappa shape index (κ2) is 7.19. The maximum atomic E-state index is 11.3. The minimum atomic E-state index is -1.10. The summed E-state index contributed by atoms with van der Waals surface area (Å²) < 4.78 is 8.69. The highest BCUT2D eigenvalue weighted by Gasteiger charge is 2.39. The van der Waals surface area contributed by atoms with Gasteiger partial charge >= 0.3 is 5.97 Å². The molecule has 2 atom stereocenters. The zero-order chi connectivity index (χ0) is 11.9. The molecule has 4 nitrogen and oxygen atoms in total. The standard InChI is InChI=1S/C10H19BrO4/c1-4-5-6-15-7-8(12)10(2,11)9(13)14-3/h8,12H,4-7H2,1-3H3/t8-,10?/m1/s1. The molecule has 0 amide bonds. The van der Waals surface area contributed by atoms with Crippen LogP contribution in [0, 0.1) is 0 Å². The molecule has 0 spiro atoms. The van der Waals surface area contributed by atoms with Crippen LogP contribution < -0.4 is 0 Å². The van der Waals surface area contributed by atoms with Crippen LogP contribution in [0.3, 0.4) is 0 Å². The third kappa shape index (κ3) is 4.95. The van der Waals surface area contributed by atoms with Gasteiger partial charge in [-0.2, -0.15) is 0 Å². The Morgan fingerprint density at radius 2 is 2.20 bits per heavy atom. The normalized spacial score (nSPS) is 16.9. The molecule has 0 saturated carbocycles. The van der Waals surface area contributed by atoms with Crippen molar-refractivity contribution < 1.29 is 19.4 Å². The van der Waals surface area contributed by atoms with Crippen molar-refractivity contribution in [2.24, 2.45) is 0 Å². The summed E-state index contributed by atoms with van der Waals surface area (Å²) in [6, 6.07) is 0. The summed E-state index contributed by atoms with van der Waals surface area (Å²) in [6.07, 6.45) is 1.07. The van der Waals surface area contributed by atoms with Gasteiger partial charge in [-0.3, -0.25) is 4.79 Å². The smallest absolute Gasteiger partial charge is 0.325 e. The first-order valence-electron chi connectivity index (χ1n) is 5.00. The van der Waals surface area contributed by atoms with Crippen molar-refractivity contribution in [2.45, 2.75) is 37.1 Å². The number of carbonyl (C=O) groups excluding carboxylic acids is 1. The van der Waals surface area contributed by atoms with Crippen molar-refractivity contribution in [1.82, 2.24) is 0 Å². The van der Waals surface area contributed by atoms with Crippen LogP contribution >= 0.6 is 15.9 Å². The third-order valence-electron chi connectivity index (χ3n) is 2.13. The van der Waals surface area contributed by atoms with Gasteiger partial charge in [0.1, 0.15) is 10.4 Å². The zero-order valence-electron chi connectivity index (χ0n) is 9.46. The summed E-state index contributed by atoms with van der Waals surface area (Å²) in [7, 11) is 1.28. The van der Waals surface area contributed by atoms with Crippen molar-refractivity contribution in [1.29, 1.82) is 0 Å². The highest BCUT2D eigenvalue weighted by Crippen LogP contribution is 2.24. The molecule has 0 heterocycles. The van der Waals surface area contributed by atoms with Crippen LogP contribution in [-0.2, 0) is 14.3 Å². The lowest BCUT2D eigenvalue weighted by molar-refractivity contribution is -0.147. The summed E-state index contributed by atoms with van der Waals surface area (Å²) in [5.74, 6) is -0.505. The van der Waals surface area contributed by atoms with Gasteiger partial charge in [-0.15, -0.1) is 0 Å². The van der Waals surface area contributed by atoms with Crippen molar-refractivity contribution in [3.05, 3.63) is 0 Å². The lowest BCUT2D eigenvalue weighted by atomic mass is 10.1. The molecule has 90 valence electrons. The van der Waals surface area contributed by atoms with Gasteiger partial charge in [0.2, 0.25) is 0 Å². The molecule has 5 heteroatoms. The molecular formula is C10H19BrO4. The van der Waals surface area contributed by atoms with Crippen molar-refractivity contribution in [3.8, 4) is 0 Å². The predicted molar refractivity (Wildman–Crippen MR) is 61.1 cm³/mol. The van der Waals surface area contributed by atoms with E-state index in [1.54, 1.807) is 6.92 Å². The van der Waals surface area contributed by atoms with Gasteiger partial charge in [0.15, 0.2) is 0 Å². The second-order valence-electron chi connectivity index (χ2n) is 3.51. The molecule has 1 N–H and O–H groups in total. The van der Waals surface area contributed by atoms with Gasteiger partial charge in [-0.05, 0) is 13.3 Å². The highest BCUT2D eigenvalue weighted by atomic mass is 79.9. The lowest BCUT2D eigenvalue weighted by Gasteiger charge is -2.25. The van der Waals surface area contributed by atoms with E-state index in [9.17, 15) is 9.90 Å². The average Bonchev–Trinajstić information content (AvgIpc) is 2.22. The monoisotopic (exact) mass is 282 g/mol. The number of aliphatic hydroxyl groups is 1. The first-order chi connectivity index (χ1) is 6.96. The maximum absolute atomic E-state index is 11.3. The van der Waals surface area contributed by atoms with E-state index in [-0.39, 0.29) is 6.61 Å². The number of rotatable bonds is 7. The topological polar surface area (TPSA) is 55.8 Å². The van der Waals surface area contributed by atoms with E-state index in [0.29, 0.717) is 6.61 Å². The Morgan fingerprint density at radius 3 is 2.67 bits per heavy atom. The number of halogens is 1. The average molecular weight is 283 g/mol. The first-order valence-corrected chi connectivity index (χ1v) is 5.79. The predicted octanol–water partition coefficient (Wildman–Crippen LogP) is 1.49. The quantitative estimate of drug-likeness (QED) is 0.437. The van der Waals surface area contributed by atoms with Gasteiger partial charge in [-0.1, -0.05) is 29.3 Å². The molecule has 0 saturated heterocycles. The molecule has 0 aliphatic heterocycles. The number of esters is 1. The number of ether oxygens (including phenoxy) is 2. The molecule has 0 radical (unpaired) electrons. The Kier molecular flexibility index (Phi) is 7.13. The number of aliphatic hydroxyl groups excluding tert-OH is 1. The van der Waals surface area contributed by atoms with Crippen LogP contribution in [-0.4, -0.2) is 41.8 Å². The third-order valence-corrected chi connectivity index (χ3v) is 2.98. The molecule has 0 aromatic heterocycles. The highest BCUT2D eigenvalue weighted by molar-refractivity contribution is 9.10. The van der Waals surface area contributed by atoms with Crippen molar-refractivity contribution in [3.63, 3.8) is 0 Å². The minimum absolute atomic E-state index is 0.122. The fourth-order valence-corrected chi connectivity index (χ4v) is 1.23. The molecule has 0 aliphatic rings. The molecule has 1 unspecified atom stereocenters. The van der Waals surface area contributed by atoms with Gasteiger partial charge < -0.3 is 14.6 Å². The van der Waals surface area contributed by atoms with E-state index in [1.165, 1.54) is 7.11 Å². The number of carbonyl (C=O) groups is 1. The Labute approximate surface area is 99.1 Å². The maximum Gasteiger partial charge on any atom is 0.325 e. The molecule has 0 aromatic rings. The summed E-state index contributed by atoms with van der Waals surface area (Å²) in [5.41, 5.74) is 0. The minimum Gasteiger partial charge on any atom is -0.468 e. The van der Waals surface area contributed by atoms with E-state index in [0.717, 1.165) is 12.8 Å². The van der Waals surface area contributed by atoms with Crippen LogP contribution in [0.2, 0.25) is 0 Å². The van der Waals surface area contributed by atoms with Crippen LogP contribution in [0.4, 0.5) is 0 Å². The zero-order valence-corrected chi connectivity index (χ0v) is 11.0. The summed E-state index contributed by atoms with van der Waals surface area (Å²) >= 11 is 3.14. The summed E-state index contributed by atoms with van der Waals surface area (Å²) in [4.78, 5) is 11.3. The van der Waals surface area contributed by atoms with Crippen LogP contribution in [0.1, 0.15) is 26.7 Å². The van der Waals surface area contributed by atoms with E-state index >= 15 is 0 Å². The lowest BCUT2D eigenvalue weighted by Crippen LogP contribution is -2.44. The summed E-state index contributed by atoms with van der Waals surface area (Å²) in [6.45, 7) is 4.34. The van der Waals surface area contributed by atoms with Gasteiger partial charge in [0, 0.05) is 6.61 Å². The number of unbranched alkanes of at least 4 members (excludes halogenated alkanes) is 1. The number of alkyl halides is 1. The van der Waals surface area contributed by atoms with E-state index in [2.05, 4.69) is 27.6 Å². The molecule has 0 rings (SSSR count). The molecule has 0 aliphatic carbocycles. The van der Waals surface area contributed by atoms with E-state index in [1.807, 2.05) is 0 Å². The van der Waals surface area contributed by atoms with Gasteiger partial charge in [0.05, 0.1) is 13.7 Å². The second-order valence-corrected chi connectivity index (χ2v) is 5.16. The Bertz CT molecular complexity index is 194. The van der Waals surface area contributed by atoms with Crippen LogP contribution in [0.25, 0.3) is 0 Å². The number of hydrogen-bond acceptors (Lipinski definition) is 4. The Balaban J connectivity index is 3.96. The molecular weight excluding hydrogens is 264 g/mol. The fraction of sp³-hybridized carbons (Fsp3) is 0.900. The Hall–Kier alpha value is -0.130. The Morgan fingerprint density at radius 1 is 1.60 bits per heavy atom. The molecule has 0 aromatic carbocycles. The summed E-state index contributed by atoms with van der Waals surface area (Å²) in [5, 5.41) is 9.71. The SMILES string of the molecule is CCCCOC[C@@H](O)C(C)(Br)C(=O)OC. The van der Waals surface area contributed by atoms with E-state index in [4.69, 9.17) is 4.74 Å². The molecule has 15 heavy (non-hydrogen) atoms. The van der Waals surface area contributed by atoms with Crippen LogP contribution in [0.5, 0.6) is 0 Å². The first kappa shape index (κ1) is 14.9. The van der Waals surface area contributed by atoms with E-state index < -0.39 is 16.4 Å². The fourth-order valence-electron chi connectivity index (χ4n) is 0.933. The number of hydrogen-bond donors (Lipinski definition) is 1.